The number of hydrogen-bond donors (Lipinski definition) is 2. The minimum atomic E-state index is -4.10. The molecule has 3 rings (SSSR count). The molecule has 2 atom stereocenters. The lowest BCUT2D eigenvalue weighted by atomic mass is 10.0. The van der Waals surface area contributed by atoms with Crippen molar-refractivity contribution in [3.8, 4) is 0 Å². The number of ether oxygens (including phenoxy) is 1. The predicted octanol–water partition coefficient (Wildman–Crippen LogP) is 4.14. The van der Waals surface area contributed by atoms with Gasteiger partial charge in [-0.05, 0) is 42.8 Å². The van der Waals surface area contributed by atoms with Gasteiger partial charge in [-0.25, -0.2) is 22.7 Å². The van der Waals surface area contributed by atoms with Gasteiger partial charge in [-0.15, -0.1) is 0 Å². The van der Waals surface area contributed by atoms with Gasteiger partial charge in [-0.1, -0.05) is 72.8 Å². The SMILES string of the molecule is C=C[C@H](OC(=O)c1ccccc1)[C@@H](NC(=O)NS(=O)(=O)c1ccc(C)cc1)c1ccccc1. The van der Waals surface area contributed by atoms with Crippen LogP contribution in [-0.2, 0) is 14.8 Å². The van der Waals surface area contributed by atoms with Gasteiger partial charge in [0.2, 0.25) is 0 Å². The fourth-order valence-electron chi connectivity index (χ4n) is 3.10. The molecule has 0 spiro atoms. The fourth-order valence-corrected chi connectivity index (χ4v) is 4.02. The van der Waals surface area contributed by atoms with Crippen molar-refractivity contribution in [3.05, 3.63) is 114 Å². The van der Waals surface area contributed by atoms with Crippen molar-refractivity contribution in [2.24, 2.45) is 0 Å². The van der Waals surface area contributed by atoms with Crippen LogP contribution in [0.1, 0.15) is 27.5 Å². The molecule has 2 amide bonds. The molecule has 33 heavy (non-hydrogen) atoms. The molecule has 3 aromatic carbocycles. The fraction of sp³-hybridized carbons (Fsp3) is 0.120. The van der Waals surface area contributed by atoms with Crippen LogP contribution < -0.4 is 10.0 Å². The number of hydrogen-bond acceptors (Lipinski definition) is 5. The number of esters is 1. The van der Waals surface area contributed by atoms with Crippen LogP contribution in [0, 0.1) is 6.92 Å². The van der Waals surface area contributed by atoms with E-state index in [0.717, 1.165) is 5.56 Å². The topological polar surface area (TPSA) is 102 Å². The number of rotatable bonds is 8. The highest BCUT2D eigenvalue weighted by Crippen LogP contribution is 2.22. The molecule has 0 aromatic heterocycles. The summed E-state index contributed by atoms with van der Waals surface area (Å²) in [7, 11) is -4.10. The van der Waals surface area contributed by atoms with Gasteiger partial charge < -0.3 is 10.1 Å². The van der Waals surface area contributed by atoms with E-state index in [4.69, 9.17) is 4.74 Å². The van der Waals surface area contributed by atoms with Crippen molar-refractivity contribution < 1.29 is 22.7 Å². The summed E-state index contributed by atoms with van der Waals surface area (Å²) in [6, 6.07) is 21.4. The summed E-state index contributed by atoms with van der Waals surface area (Å²) in [4.78, 5) is 25.2. The van der Waals surface area contributed by atoms with E-state index in [2.05, 4.69) is 11.9 Å². The zero-order valence-corrected chi connectivity index (χ0v) is 18.8. The van der Waals surface area contributed by atoms with Gasteiger partial charge in [-0.2, -0.15) is 0 Å². The van der Waals surface area contributed by atoms with Crippen molar-refractivity contribution >= 4 is 22.0 Å². The summed E-state index contributed by atoms with van der Waals surface area (Å²) in [5, 5.41) is 2.60. The summed E-state index contributed by atoms with van der Waals surface area (Å²) >= 11 is 0. The average Bonchev–Trinajstić information content (AvgIpc) is 2.82. The van der Waals surface area contributed by atoms with E-state index in [0.29, 0.717) is 11.1 Å². The molecule has 0 fully saturated rings. The van der Waals surface area contributed by atoms with Crippen molar-refractivity contribution in [1.82, 2.24) is 10.0 Å². The Bertz CT molecular complexity index is 1210. The summed E-state index contributed by atoms with van der Waals surface area (Å²) in [5.41, 5.74) is 1.82. The van der Waals surface area contributed by atoms with Gasteiger partial charge in [0.15, 0.2) is 0 Å². The Hall–Kier alpha value is -3.91. The van der Waals surface area contributed by atoms with E-state index in [9.17, 15) is 18.0 Å². The smallest absolute Gasteiger partial charge is 0.338 e. The van der Waals surface area contributed by atoms with Gasteiger partial charge in [-0.3, -0.25) is 0 Å². The predicted molar refractivity (Wildman–Crippen MR) is 125 cm³/mol. The molecule has 0 saturated carbocycles. The van der Waals surface area contributed by atoms with Crippen LogP contribution in [-0.4, -0.2) is 26.5 Å². The number of aryl methyl sites for hydroxylation is 1. The molecule has 7 nitrogen and oxygen atoms in total. The van der Waals surface area contributed by atoms with Crippen molar-refractivity contribution in [3.63, 3.8) is 0 Å². The average molecular weight is 465 g/mol. The van der Waals surface area contributed by atoms with Crippen molar-refractivity contribution in [2.75, 3.05) is 0 Å². The molecule has 170 valence electrons. The first kappa shape index (κ1) is 23.7. The summed E-state index contributed by atoms with van der Waals surface area (Å²) in [6.07, 6.45) is 0.417. The molecule has 0 radical (unpaired) electrons. The van der Waals surface area contributed by atoms with Crippen molar-refractivity contribution in [2.45, 2.75) is 24.0 Å². The van der Waals surface area contributed by atoms with Crippen LogP contribution in [0.2, 0.25) is 0 Å². The standard InChI is InChI=1S/C25H24N2O5S/c1-3-22(32-24(28)20-12-8-5-9-13-20)23(19-10-6-4-7-11-19)26-25(29)27-33(30,31)21-16-14-18(2)15-17-21/h3-17,22-23H,1H2,2H3,(H2,26,27,29)/t22-,23-/m0/s1. The highest BCUT2D eigenvalue weighted by atomic mass is 32.2. The Morgan fingerprint density at radius 2 is 1.48 bits per heavy atom. The second-order valence-corrected chi connectivity index (χ2v) is 8.93. The Kier molecular flexibility index (Phi) is 7.63. The van der Waals surface area contributed by atoms with Crippen LogP contribution >= 0.6 is 0 Å². The molecule has 0 aliphatic rings. The third-order valence-corrected chi connectivity index (χ3v) is 6.16. The molecular formula is C25H24N2O5S. The third-order valence-electron chi connectivity index (χ3n) is 4.82. The normalized spacial score (nSPS) is 12.8. The lowest BCUT2D eigenvalue weighted by molar-refractivity contribution is 0.0327. The van der Waals surface area contributed by atoms with Gasteiger partial charge in [0.05, 0.1) is 16.5 Å². The maximum absolute atomic E-state index is 12.7. The Morgan fingerprint density at radius 1 is 0.909 bits per heavy atom. The minimum Gasteiger partial charge on any atom is -0.452 e. The second kappa shape index (κ2) is 10.6. The van der Waals surface area contributed by atoms with Crippen LogP contribution in [0.5, 0.6) is 0 Å². The Labute approximate surface area is 193 Å². The van der Waals surface area contributed by atoms with Crippen LogP contribution in [0.15, 0.2) is 102 Å². The van der Waals surface area contributed by atoms with E-state index in [1.807, 2.05) is 11.6 Å². The number of nitrogens with one attached hydrogen (secondary N) is 2. The zero-order chi connectivity index (χ0) is 23.8. The van der Waals surface area contributed by atoms with E-state index in [-0.39, 0.29) is 4.90 Å². The maximum Gasteiger partial charge on any atom is 0.338 e. The van der Waals surface area contributed by atoms with Crippen molar-refractivity contribution in [1.29, 1.82) is 0 Å². The number of amides is 2. The van der Waals surface area contributed by atoms with E-state index in [1.54, 1.807) is 72.8 Å². The quantitative estimate of drug-likeness (QED) is 0.385. The van der Waals surface area contributed by atoms with E-state index >= 15 is 0 Å². The summed E-state index contributed by atoms with van der Waals surface area (Å²) < 4.78 is 32.8. The second-order valence-electron chi connectivity index (χ2n) is 7.25. The first-order valence-corrected chi connectivity index (χ1v) is 11.6. The van der Waals surface area contributed by atoms with Crippen LogP contribution in [0.25, 0.3) is 0 Å². The number of sulfonamides is 1. The maximum atomic E-state index is 12.7. The molecule has 0 unspecified atom stereocenters. The largest absolute Gasteiger partial charge is 0.452 e. The van der Waals surface area contributed by atoms with E-state index < -0.39 is 34.2 Å². The first-order chi connectivity index (χ1) is 15.8. The van der Waals surface area contributed by atoms with Crippen LogP contribution in [0.4, 0.5) is 4.79 Å². The Balaban J connectivity index is 1.81. The lowest BCUT2D eigenvalue weighted by Crippen LogP contribution is -2.45. The zero-order valence-electron chi connectivity index (χ0n) is 18.0. The minimum absolute atomic E-state index is 0.0460. The highest BCUT2D eigenvalue weighted by Gasteiger charge is 2.28. The van der Waals surface area contributed by atoms with Gasteiger partial charge in [0.25, 0.3) is 10.0 Å². The summed E-state index contributed by atoms with van der Waals surface area (Å²) in [5.74, 6) is -0.601. The van der Waals surface area contributed by atoms with Gasteiger partial charge in [0, 0.05) is 0 Å². The molecule has 2 N–H and O–H groups in total. The van der Waals surface area contributed by atoms with Gasteiger partial charge >= 0.3 is 12.0 Å². The molecule has 0 heterocycles. The molecule has 3 aromatic rings. The number of benzene rings is 3. The molecule has 0 bridgehead atoms. The molecule has 8 heteroatoms. The molecule has 0 aliphatic carbocycles. The third kappa shape index (κ3) is 6.30. The monoisotopic (exact) mass is 464 g/mol. The van der Waals surface area contributed by atoms with Gasteiger partial charge in [0.1, 0.15) is 6.10 Å². The number of carbonyl (C=O) groups excluding carboxylic acids is 2. The number of urea groups is 1. The summed E-state index contributed by atoms with van der Waals surface area (Å²) in [6.45, 7) is 5.55. The van der Waals surface area contributed by atoms with E-state index in [1.165, 1.54) is 18.2 Å². The highest BCUT2D eigenvalue weighted by molar-refractivity contribution is 7.90. The van der Waals surface area contributed by atoms with Crippen LogP contribution in [0.3, 0.4) is 0 Å². The number of carbonyl (C=O) groups is 2. The molecule has 0 saturated heterocycles. The molecule has 0 aliphatic heterocycles. The first-order valence-electron chi connectivity index (χ1n) is 10.1. The Morgan fingerprint density at radius 3 is 2.06 bits per heavy atom. The lowest BCUT2D eigenvalue weighted by Gasteiger charge is -2.26. The molecular weight excluding hydrogens is 440 g/mol.